The predicted octanol–water partition coefficient (Wildman–Crippen LogP) is 3.39. The smallest absolute Gasteiger partial charge is 0.156 e. The Hall–Kier alpha value is -1.57. The summed E-state index contributed by atoms with van der Waals surface area (Å²) in [6.45, 7) is 5.07. The van der Waals surface area contributed by atoms with Gasteiger partial charge in [0.15, 0.2) is 5.78 Å². The monoisotopic (exact) mass is 242 g/mol. The van der Waals surface area contributed by atoms with E-state index in [2.05, 4.69) is 32.0 Å². The van der Waals surface area contributed by atoms with Crippen LogP contribution in [0.25, 0.3) is 5.57 Å². The summed E-state index contributed by atoms with van der Waals surface area (Å²) in [5.74, 6) is 1.23. The Labute approximate surface area is 108 Å². The number of hydrogen-bond acceptors (Lipinski definition) is 2. The highest BCUT2D eigenvalue weighted by Crippen LogP contribution is 2.42. The van der Waals surface area contributed by atoms with E-state index in [1.165, 1.54) is 5.56 Å². The number of ketones is 1. The Morgan fingerprint density at radius 2 is 2.06 bits per heavy atom. The number of carbonyl (C=O) groups is 1. The van der Waals surface area contributed by atoms with Gasteiger partial charge in [0.05, 0.1) is 6.61 Å². The fraction of sp³-hybridized carbons (Fsp3) is 0.438. The maximum Gasteiger partial charge on any atom is 0.156 e. The fourth-order valence-corrected chi connectivity index (χ4v) is 2.99. The van der Waals surface area contributed by atoms with Crippen LogP contribution in [0.4, 0.5) is 0 Å². The van der Waals surface area contributed by atoms with Crippen LogP contribution in [-0.2, 0) is 11.2 Å². The van der Waals surface area contributed by atoms with E-state index in [-0.39, 0.29) is 11.2 Å². The SMILES string of the molecule is CC1(C)CC(=O)C=C(c2cccc3c2OCC3)C1. The second kappa shape index (κ2) is 3.98. The fourth-order valence-electron chi connectivity index (χ4n) is 2.99. The van der Waals surface area contributed by atoms with Gasteiger partial charge in [-0.05, 0) is 29.0 Å². The molecule has 1 aliphatic carbocycles. The van der Waals surface area contributed by atoms with Crippen molar-refractivity contribution in [2.45, 2.75) is 33.1 Å². The number of ether oxygens (including phenoxy) is 1. The van der Waals surface area contributed by atoms with Gasteiger partial charge in [0.25, 0.3) is 0 Å². The third kappa shape index (κ3) is 1.96. The molecule has 0 N–H and O–H groups in total. The van der Waals surface area contributed by atoms with Crippen LogP contribution in [-0.4, -0.2) is 12.4 Å². The minimum Gasteiger partial charge on any atom is -0.492 e. The van der Waals surface area contributed by atoms with Crippen molar-refractivity contribution >= 4 is 11.4 Å². The van der Waals surface area contributed by atoms with Gasteiger partial charge in [-0.2, -0.15) is 0 Å². The van der Waals surface area contributed by atoms with Crippen LogP contribution in [0.15, 0.2) is 24.3 Å². The van der Waals surface area contributed by atoms with Gasteiger partial charge in [-0.3, -0.25) is 4.79 Å². The molecule has 1 aromatic rings. The molecule has 3 rings (SSSR count). The van der Waals surface area contributed by atoms with E-state index in [4.69, 9.17) is 4.74 Å². The van der Waals surface area contributed by atoms with Crippen molar-refractivity contribution < 1.29 is 9.53 Å². The molecule has 0 bridgehead atoms. The number of allylic oxidation sites excluding steroid dienone is 2. The molecule has 1 aliphatic heterocycles. The summed E-state index contributed by atoms with van der Waals surface area (Å²) in [6.07, 6.45) is 4.38. The molecule has 0 unspecified atom stereocenters. The Morgan fingerprint density at radius 1 is 1.22 bits per heavy atom. The van der Waals surface area contributed by atoms with Crippen molar-refractivity contribution in [1.82, 2.24) is 0 Å². The molecule has 0 atom stereocenters. The Balaban J connectivity index is 2.06. The second-order valence-electron chi connectivity index (χ2n) is 6.05. The summed E-state index contributed by atoms with van der Waals surface area (Å²) >= 11 is 0. The van der Waals surface area contributed by atoms with Crippen molar-refractivity contribution in [3.05, 3.63) is 35.4 Å². The molecule has 0 saturated heterocycles. The van der Waals surface area contributed by atoms with E-state index in [9.17, 15) is 4.79 Å². The summed E-state index contributed by atoms with van der Waals surface area (Å²) < 4.78 is 5.73. The molecule has 0 saturated carbocycles. The molecule has 2 aliphatic rings. The summed E-state index contributed by atoms with van der Waals surface area (Å²) in [5, 5.41) is 0. The first-order valence-corrected chi connectivity index (χ1v) is 6.54. The van der Waals surface area contributed by atoms with Gasteiger partial charge in [0.1, 0.15) is 5.75 Å². The number of carbonyl (C=O) groups excluding carboxylic acids is 1. The summed E-state index contributed by atoms with van der Waals surface area (Å²) in [6, 6.07) is 6.25. The number of para-hydroxylation sites is 1. The van der Waals surface area contributed by atoms with Gasteiger partial charge >= 0.3 is 0 Å². The average Bonchev–Trinajstić information content (AvgIpc) is 2.73. The Kier molecular flexibility index (Phi) is 2.54. The summed E-state index contributed by atoms with van der Waals surface area (Å²) in [7, 11) is 0. The summed E-state index contributed by atoms with van der Waals surface area (Å²) in [4.78, 5) is 11.8. The quantitative estimate of drug-likeness (QED) is 0.754. The van der Waals surface area contributed by atoms with Crippen molar-refractivity contribution in [2.24, 2.45) is 5.41 Å². The van der Waals surface area contributed by atoms with E-state index in [1.54, 1.807) is 0 Å². The highest BCUT2D eigenvalue weighted by molar-refractivity contribution is 5.99. The number of fused-ring (bicyclic) bond motifs is 1. The van der Waals surface area contributed by atoms with E-state index >= 15 is 0 Å². The molecule has 1 aromatic carbocycles. The molecular formula is C16H18O2. The normalized spacial score (nSPS) is 21.2. The molecule has 0 fully saturated rings. The molecule has 2 nitrogen and oxygen atoms in total. The Morgan fingerprint density at radius 3 is 2.83 bits per heavy atom. The van der Waals surface area contributed by atoms with Gasteiger partial charge in [-0.15, -0.1) is 0 Å². The maximum absolute atomic E-state index is 11.8. The lowest BCUT2D eigenvalue weighted by molar-refractivity contribution is -0.116. The van der Waals surface area contributed by atoms with Crippen LogP contribution in [0.1, 0.15) is 37.8 Å². The molecule has 18 heavy (non-hydrogen) atoms. The van der Waals surface area contributed by atoms with Gasteiger partial charge in [0.2, 0.25) is 0 Å². The van der Waals surface area contributed by atoms with Gasteiger partial charge < -0.3 is 4.74 Å². The minimum atomic E-state index is 0.0580. The van der Waals surface area contributed by atoms with Gasteiger partial charge in [-0.25, -0.2) is 0 Å². The highest BCUT2D eigenvalue weighted by Gasteiger charge is 2.30. The van der Waals surface area contributed by atoms with E-state index in [0.29, 0.717) is 6.42 Å². The zero-order valence-corrected chi connectivity index (χ0v) is 11.0. The van der Waals surface area contributed by atoms with Crippen molar-refractivity contribution in [2.75, 3.05) is 6.61 Å². The van der Waals surface area contributed by atoms with E-state index in [0.717, 1.165) is 36.3 Å². The van der Waals surface area contributed by atoms with Crippen LogP contribution in [0.5, 0.6) is 5.75 Å². The van der Waals surface area contributed by atoms with E-state index in [1.807, 2.05) is 6.08 Å². The molecule has 2 heteroatoms. The number of benzene rings is 1. The van der Waals surface area contributed by atoms with Crippen LogP contribution in [0.2, 0.25) is 0 Å². The molecule has 0 spiro atoms. The van der Waals surface area contributed by atoms with Crippen molar-refractivity contribution in [3.63, 3.8) is 0 Å². The topological polar surface area (TPSA) is 26.3 Å². The van der Waals surface area contributed by atoms with Crippen LogP contribution < -0.4 is 4.74 Å². The number of rotatable bonds is 1. The molecule has 0 aromatic heterocycles. The first kappa shape index (κ1) is 11.5. The van der Waals surface area contributed by atoms with E-state index < -0.39 is 0 Å². The predicted molar refractivity (Wildman–Crippen MR) is 71.6 cm³/mol. The highest BCUT2D eigenvalue weighted by atomic mass is 16.5. The molecule has 0 radical (unpaired) electrons. The summed E-state index contributed by atoms with van der Waals surface area (Å²) in [5.41, 5.74) is 3.58. The minimum absolute atomic E-state index is 0.0580. The lowest BCUT2D eigenvalue weighted by Crippen LogP contribution is -2.21. The second-order valence-corrected chi connectivity index (χ2v) is 6.05. The zero-order chi connectivity index (χ0) is 12.8. The van der Waals surface area contributed by atoms with Crippen molar-refractivity contribution in [1.29, 1.82) is 0 Å². The lowest BCUT2D eigenvalue weighted by Gasteiger charge is -2.29. The lowest BCUT2D eigenvalue weighted by atomic mass is 9.75. The largest absolute Gasteiger partial charge is 0.492 e. The number of hydrogen-bond donors (Lipinski definition) is 0. The zero-order valence-electron chi connectivity index (χ0n) is 11.0. The van der Waals surface area contributed by atoms with Gasteiger partial charge in [0, 0.05) is 18.4 Å². The van der Waals surface area contributed by atoms with Crippen LogP contribution in [0.3, 0.4) is 0 Å². The third-order valence-corrected chi connectivity index (χ3v) is 3.72. The molecule has 0 amide bonds. The van der Waals surface area contributed by atoms with Crippen molar-refractivity contribution in [3.8, 4) is 5.75 Å². The third-order valence-electron chi connectivity index (χ3n) is 3.72. The first-order valence-electron chi connectivity index (χ1n) is 6.54. The standard InChI is InChI=1S/C16H18O2/c1-16(2)9-12(8-13(17)10-16)14-5-3-4-11-6-7-18-15(11)14/h3-5,8H,6-7,9-10H2,1-2H3. The average molecular weight is 242 g/mol. The Bertz CT molecular complexity index is 538. The molecule has 94 valence electrons. The molecular weight excluding hydrogens is 224 g/mol. The van der Waals surface area contributed by atoms with Crippen LogP contribution in [0, 0.1) is 5.41 Å². The maximum atomic E-state index is 11.8. The molecule has 1 heterocycles. The van der Waals surface area contributed by atoms with Crippen LogP contribution >= 0.6 is 0 Å². The first-order chi connectivity index (χ1) is 8.55. The van der Waals surface area contributed by atoms with Gasteiger partial charge in [-0.1, -0.05) is 32.0 Å².